The molecule has 21 heavy (non-hydrogen) atoms. The summed E-state index contributed by atoms with van der Waals surface area (Å²) in [4.78, 5) is 0. The summed E-state index contributed by atoms with van der Waals surface area (Å²) in [5.74, 6) is 0.891. The standard InChI is InChI=1S/C18H19NOS/c1-2-16(19)15-8-3-5-9-17(15)20-11-13-12-21-18-10-6-4-7-14(13)18/h3-10,12,16H,2,11,19H2,1H3/t16-/m0/s1. The van der Waals surface area contributed by atoms with Crippen LogP contribution >= 0.6 is 11.3 Å². The molecule has 3 rings (SSSR count). The van der Waals surface area contributed by atoms with Gasteiger partial charge in [0.25, 0.3) is 0 Å². The molecule has 2 N–H and O–H groups in total. The summed E-state index contributed by atoms with van der Waals surface area (Å²) in [7, 11) is 0. The molecule has 0 spiro atoms. The van der Waals surface area contributed by atoms with Crippen molar-refractivity contribution in [1.82, 2.24) is 0 Å². The lowest BCUT2D eigenvalue weighted by Crippen LogP contribution is -2.10. The van der Waals surface area contributed by atoms with Gasteiger partial charge in [0.15, 0.2) is 0 Å². The third kappa shape index (κ3) is 2.94. The van der Waals surface area contributed by atoms with Gasteiger partial charge in [-0.1, -0.05) is 43.3 Å². The number of nitrogens with two attached hydrogens (primary N) is 1. The van der Waals surface area contributed by atoms with E-state index in [0.29, 0.717) is 6.61 Å². The Morgan fingerprint density at radius 2 is 1.86 bits per heavy atom. The Labute approximate surface area is 129 Å². The Morgan fingerprint density at radius 3 is 2.71 bits per heavy atom. The highest BCUT2D eigenvalue weighted by Gasteiger charge is 2.11. The number of fused-ring (bicyclic) bond motifs is 1. The van der Waals surface area contributed by atoms with Gasteiger partial charge >= 0.3 is 0 Å². The zero-order valence-corrected chi connectivity index (χ0v) is 12.9. The van der Waals surface area contributed by atoms with E-state index in [1.807, 2.05) is 18.2 Å². The highest BCUT2D eigenvalue weighted by atomic mass is 32.1. The third-order valence-electron chi connectivity index (χ3n) is 3.70. The fourth-order valence-corrected chi connectivity index (χ4v) is 3.39. The molecule has 0 saturated carbocycles. The highest BCUT2D eigenvalue weighted by molar-refractivity contribution is 7.17. The predicted octanol–water partition coefficient (Wildman–Crippen LogP) is 4.89. The minimum Gasteiger partial charge on any atom is -0.489 e. The molecule has 0 aliphatic heterocycles. The summed E-state index contributed by atoms with van der Waals surface area (Å²) in [6, 6.07) is 16.5. The molecule has 2 nitrogen and oxygen atoms in total. The van der Waals surface area contributed by atoms with Gasteiger partial charge in [0, 0.05) is 21.9 Å². The van der Waals surface area contributed by atoms with E-state index in [9.17, 15) is 0 Å². The van der Waals surface area contributed by atoms with Gasteiger partial charge in [-0.2, -0.15) is 0 Å². The molecule has 0 unspecified atom stereocenters. The Kier molecular flexibility index (Phi) is 4.23. The number of para-hydroxylation sites is 1. The number of benzene rings is 2. The second-order valence-electron chi connectivity index (χ2n) is 5.10. The fraction of sp³-hybridized carbons (Fsp3) is 0.222. The van der Waals surface area contributed by atoms with Crippen LogP contribution in [0.3, 0.4) is 0 Å². The van der Waals surface area contributed by atoms with Crippen molar-refractivity contribution < 1.29 is 4.74 Å². The Balaban J connectivity index is 1.82. The van der Waals surface area contributed by atoms with Crippen LogP contribution in [0.1, 0.15) is 30.5 Å². The monoisotopic (exact) mass is 297 g/mol. The zero-order chi connectivity index (χ0) is 14.7. The number of thiophene rings is 1. The van der Waals surface area contributed by atoms with Gasteiger partial charge in [-0.15, -0.1) is 11.3 Å². The molecule has 0 saturated heterocycles. The van der Waals surface area contributed by atoms with Crippen molar-refractivity contribution in [3.05, 3.63) is 65.0 Å². The first kappa shape index (κ1) is 14.1. The summed E-state index contributed by atoms with van der Waals surface area (Å²) in [5, 5.41) is 3.45. The molecular formula is C18H19NOS. The Bertz CT molecular complexity index is 735. The van der Waals surface area contributed by atoms with E-state index in [-0.39, 0.29) is 6.04 Å². The van der Waals surface area contributed by atoms with E-state index < -0.39 is 0 Å². The van der Waals surface area contributed by atoms with Gasteiger partial charge in [0.05, 0.1) is 0 Å². The molecule has 3 heteroatoms. The topological polar surface area (TPSA) is 35.2 Å². The maximum absolute atomic E-state index is 6.16. The summed E-state index contributed by atoms with van der Waals surface area (Å²) >= 11 is 1.76. The third-order valence-corrected chi connectivity index (χ3v) is 4.71. The summed E-state index contributed by atoms with van der Waals surface area (Å²) < 4.78 is 7.34. The lowest BCUT2D eigenvalue weighted by molar-refractivity contribution is 0.302. The molecule has 0 fully saturated rings. The van der Waals surface area contributed by atoms with E-state index in [1.165, 1.54) is 15.6 Å². The first-order chi connectivity index (χ1) is 10.3. The molecule has 0 bridgehead atoms. The molecule has 3 aromatic rings. The van der Waals surface area contributed by atoms with E-state index in [4.69, 9.17) is 10.5 Å². The van der Waals surface area contributed by atoms with Crippen molar-refractivity contribution in [1.29, 1.82) is 0 Å². The normalized spacial score (nSPS) is 12.5. The molecule has 108 valence electrons. The first-order valence-corrected chi connectivity index (χ1v) is 8.10. The number of ether oxygens (including phenoxy) is 1. The minimum absolute atomic E-state index is 0.0282. The van der Waals surface area contributed by atoms with Crippen molar-refractivity contribution >= 4 is 21.4 Å². The van der Waals surface area contributed by atoms with Crippen LogP contribution in [0.25, 0.3) is 10.1 Å². The number of hydrogen-bond acceptors (Lipinski definition) is 3. The van der Waals surface area contributed by atoms with Crippen molar-refractivity contribution in [3.63, 3.8) is 0 Å². The largest absolute Gasteiger partial charge is 0.489 e. The molecule has 0 aliphatic carbocycles. The minimum atomic E-state index is 0.0282. The molecular weight excluding hydrogens is 278 g/mol. The Morgan fingerprint density at radius 1 is 1.10 bits per heavy atom. The zero-order valence-electron chi connectivity index (χ0n) is 12.1. The quantitative estimate of drug-likeness (QED) is 0.727. The summed E-state index contributed by atoms with van der Waals surface area (Å²) in [5.41, 5.74) is 8.47. The van der Waals surface area contributed by atoms with Crippen LogP contribution in [0.15, 0.2) is 53.9 Å². The molecule has 2 aromatic carbocycles. The molecule has 1 heterocycles. The van der Waals surface area contributed by atoms with Crippen LogP contribution in [0, 0.1) is 0 Å². The van der Waals surface area contributed by atoms with Gasteiger partial charge in [0.1, 0.15) is 12.4 Å². The van der Waals surface area contributed by atoms with Gasteiger partial charge in [0.2, 0.25) is 0 Å². The van der Waals surface area contributed by atoms with E-state index >= 15 is 0 Å². The number of rotatable bonds is 5. The van der Waals surface area contributed by atoms with Crippen molar-refractivity contribution in [3.8, 4) is 5.75 Å². The van der Waals surface area contributed by atoms with Crippen LogP contribution < -0.4 is 10.5 Å². The second kappa shape index (κ2) is 6.29. The first-order valence-electron chi connectivity index (χ1n) is 7.22. The van der Waals surface area contributed by atoms with Crippen LogP contribution in [0.4, 0.5) is 0 Å². The van der Waals surface area contributed by atoms with Crippen LogP contribution in [-0.4, -0.2) is 0 Å². The van der Waals surface area contributed by atoms with E-state index in [1.54, 1.807) is 11.3 Å². The molecule has 0 amide bonds. The highest BCUT2D eigenvalue weighted by Crippen LogP contribution is 2.29. The van der Waals surface area contributed by atoms with E-state index in [2.05, 4.69) is 42.6 Å². The average molecular weight is 297 g/mol. The van der Waals surface area contributed by atoms with Crippen molar-refractivity contribution in [2.75, 3.05) is 0 Å². The predicted molar refractivity (Wildman–Crippen MR) is 89.8 cm³/mol. The fourth-order valence-electron chi connectivity index (χ4n) is 2.44. The van der Waals surface area contributed by atoms with E-state index in [0.717, 1.165) is 17.7 Å². The molecule has 1 atom stereocenters. The smallest absolute Gasteiger partial charge is 0.124 e. The molecule has 1 aromatic heterocycles. The van der Waals surface area contributed by atoms with Crippen LogP contribution in [0.5, 0.6) is 5.75 Å². The van der Waals surface area contributed by atoms with Crippen molar-refractivity contribution in [2.24, 2.45) is 5.73 Å². The summed E-state index contributed by atoms with van der Waals surface area (Å²) in [6.07, 6.45) is 0.905. The van der Waals surface area contributed by atoms with Crippen LogP contribution in [-0.2, 0) is 6.61 Å². The van der Waals surface area contributed by atoms with Gasteiger partial charge in [-0.25, -0.2) is 0 Å². The second-order valence-corrected chi connectivity index (χ2v) is 6.01. The van der Waals surface area contributed by atoms with Crippen molar-refractivity contribution in [2.45, 2.75) is 26.0 Å². The maximum Gasteiger partial charge on any atom is 0.124 e. The number of hydrogen-bond donors (Lipinski definition) is 1. The average Bonchev–Trinajstić information content (AvgIpc) is 2.96. The lowest BCUT2D eigenvalue weighted by Gasteiger charge is -2.15. The van der Waals surface area contributed by atoms with Crippen LogP contribution in [0.2, 0.25) is 0 Å². The summed E-state index contributed by atoms with van der Waals surface area (Å²) in [6.45, 7) is 2.67. The maximum atomic E-state index is 6.16. The van der Waals surface area contributed by atoms with Gasteiger partial charge in [-0.3, -0.25) is 0 Å². The lowest BCUT2D eigenvalue weighted by atomic mass is 10.0. The SMILES string of the molecule is CC[C@H](N)c1ccccc1OCc1csc2ccccc12. The van der Waals surface area contributed by atoms with Gasteiger partial charge < -0.3 is 10.5 Å². The molecule has 0 aliphatic rings. The molecule has 0 radical (unpaired) electrons. The Hall–Kier alpha value is -1.84. The van der Waals surface area contributed by atoms with Gasteiger partial charge in [-0.05, 0) is 29.3 Å².